The molecule has 0 spiro atoms. The lowest BCUT2D eigenvalue weighted by Crippen LogP contribution is -2.13. The van der Waals surface area contributed by atoms with Crippen LogP contribution in [0, 0.1) is 20.2 Å². The molecule has 1 aliphatic rings. The van der Waals surface area contributed by atoms with Gasteiger partial charge >= 0.3 is 11.9 Å². The molecular weight excluding hydrogens is 644 g/mol. The Morgan fingerprint density at radius 3 is 1.36 bits per heavy atom. The van der Waals surface area contributed by atoms with Crippen molar-refractivity contribution in [3.63, 3.8) is 0 Å². The third-order valence-corrected chi connectivity index (χ3v) is 8.19. The summed E-state index contributed by atoms with van der Waals surface area (Å²) in [6.45, 7) is 0. The Morgan fingerprint density at radius 1 is 0.520 bits per heavy atom. The maximum Gasteiger partial charge on any atom is 0.343 e. The Morgan fingerprint density at radius 2 is 0.920 bits per heavy atom. The van der Waals surface area contributed by atoms with Crippen molar-refractivity contribution in [2.45, 2.75) is 38.0 Å². The lowest BCUT2D eigenvalue weighted by Gasteiger charge is -2.24. The van der Waals surface area contributed by atoms with Crippen molar-refractivity contribution < 1.29 is 38.4 Å². The monoisotopic (exact) mass is 674 g/mol. The van der Waals surface area contributed by atoms with Gasteiger partial charge in [-0.3, -0.25) is 20.2 Å². The highest BCUT2D eigenvalue weighted by atomic mass is 16.6. The molecule has 0 heterocycles. The van der Waals surface area contributed by atoms with Gasteiger partial charge in [-0.05, 0) is 110 Å². The van der Waals surface area contributed by atoms with Crippen LogP contribution in [0.15, 0.2) is 115 Å². The van der Waals surface area contributed by atoms with Crippen LogP contribution in [0.2, 0.25) is 0 Å². The number of hydrogen-bond acceptors (Lipinski definition) is 10. The van der Waals surface area contributed by atoms with E-state index < -0.39 is 21.8 Å². The van der Waals surface area contributed by atoms with Gasteiger partial charge < -0.3 is 18.9 Å². The van der Waals surface area contributed by atoms with Crippen LogP contribution < -0.4 is 18.9 Å². The molecule has 12 heteroatoms. The summed E-state index contributed by atoms with van der Waals surface area (Å²) in [5.41, 5.74) is 1.28. The van der Waals surface area contributed by atoms with E-state index in [0.29, 0.717) is 40.1 Å². The van der Waals surface area contributed by atoms with Crippen LogP contribution >= 0.6 is 0 Å². The fourth-order valence-electron chi connectivity index (χ4n) is 5.60. The minimum atomic E-state index is -0.581. The summed E-state index contributed by atoms with van der Waals surface area (Å²) < 4.78 is 23.1. The van der Waals surface area contributed by atoms with Crippen molar-refractivity contribution in [3.8, 4) is 34.5 Å². The fourth-order valence-corrected chi connectivity index (χ4v) is 5.60. The van der Waals surface area contributed by atoms with Gasteiger partial charge in [0.2, 0.25) is 0 Å². The summed E-state index contributed by atoms with van der Waals surface area (Å²) in [5, 5.41) is 21.8. The van der Waals surface area contributed by atoms with Crippen molar-refractivity contribution in [3.05, 3.63) is 152 Å². The van der Waals surface area contributed by atoms with E-state index in [0.717, 1.165) is 37.7 Å². The number of ether oxygens (including phenoxy) is 4. The lowest BCUT2D eigenvalue weighted by atomic mass is 9.83. The predicted molar refractivity (Wildman–Crippen MR) is 181 cm³/mol. The van der Waals surface area contributed by atoms with Crippen LogP contribution in [0.5, 0.6) is 34.5 Å². The van der Waals surface area contributed by atoms with Gasteiger partial charge in [0, 0.05) is 29.8 Å². The summed E-state index contributed by atoms with van der Waals surface area (Å²) in [5.74, 6) is 1.38. The Kier molecular flexibility index (Phi) is 10.1. The van der Waals surface area contributed by atoms with Crippen molar-refractivity contribution in [1.82, 2.24) is 0 Å². The molecule has 0 saturated heterocycles. The minimum absolute atomic E-state index is 0.0467. The van der Waals surface area contributed by atoms with E-state index in [1.54, 1.807) is 66.7 Å². The highest BCUT2D eigenvalue weighted by Gasteiger charge is 2.23. The van der Waals surface area contributed by atoms with Crippen molar-refractivity contribution in [2.24, 2.45) is 0 Å². The molecule has 1 saturated carbocycles. The fraction of sp³-hybridized carbons (Fsp3) is 0.158. The largest absolute Gasteiger partial charge is 0.457 e. The molecule has 0 amide bonds. The van der Waals surface area contributed by atoms with Crippen LogP contribution in [0.25, 0.3) is 0 Å². The standard InChI is InChI=1S/C38H30N2O10/c41-37(26-6-14-30(15-7-26)47-32-18-10-28(11-19-32)39(43)44)49-34-22-23-36(35(24-34)25-4-2-1-3-5-25)50-38(42)27-8-16-31(17-9-27)48-33-20-12-29(13-21-33)40(45)46/h6-25H,1-5H2. The molecule has 0 bridgehead atoms. The number of rotatable bonds is 11. The Bertz CT molecular complexity index is 2000. The Labute approximate surface area is 286 Å². The summed E-state index contributed by atoms with van der Waals surface area (Å²) >= 11 is 0. The quantitative estimate of drug-likeness (QED) is 0.0572. The van der Waals surface area contributed by atoms with E-state index in [-0.39, 0.29) is 22.9 Å². The molecule has 5 aromatic carbocycles. The smallest absolute Gasteiger partial charge is 0.343 e. The molecule has 5 aromatic rings. The highest BCUT2D eigenvalue weighted by Crippen LogP contribution is 2.40. The first kappa shape index (κ1) is 33.3. The van der Waals surface area contributed by atoms with Gasteiger partial charge in [0.1, 0.15) is 34.5 Å². The van der Waals surface area contributed by atoms with Gasteiger partial charge in [-0.15, -0.1) is 0 Å². The van der Waals surface area contributed by atoms with Crippen LogP contribution in [-0.4, -0.2) is 21.8 Å². The molecule has 1 fully saturated rings. The first-order valence-corrected chi connectivity index (χ1v) is 15.8. The highest BCUT2D eigenvalue weighted by molar-refractivity contribution is 5.92. The average molecular weight is 675 g/mol. The van der Waals surface area contributed by atoms with Crippen molar-refractivity contribution in [1.29, 1.82) is 0 Å². The summed E-state index contributed by atoms with van der Waals surface area (Å²) in [6, 6.07) is 29.0. The summed E-state index contributed by atoms with van der Waals surface area (Å²) in [7, 11) is 0. The number of nitro benzene ring substituents is 2. The summed E-state index contributed by atoms with van der Waals surface area (Å²) in [6.07, 6.45) is 5.01. The number of non-ortho nitro benzene ring substituents is 2. The van der Waals surface area contributed by atoms with Crippen LogP contribution in [0.3, 0.4) is 0 Å². The van der Waals surface area contributed by atoms with E-state index in [4.69, 9.17) is 18.9 Å². The van der Waals surface area contributed by atoms with Crippen molar-refractivity contribution in [2.75, 3.05) is 0 Å². The second-order valence-corrected chi connectivity index (χ2v) is 11.6. The van der Waals surface area contributed by atoms with Crippen LogP contribution in [0.4, 0.5) is 11.4 Å². The molecule has 0 unspecified atom stereocenters. The number of carbonyl (C=O) groups is 2. The Hall–Kier alpha value is -6.56. The van der Waals surface area contributed by atoms with Crippen molar-refractivity contribution >= 4 is 23.3 Å². The second-order valence-electron chi connectivity index (χ2n) is 11.6. The molecule has 0 radical (unpaired) electrons. The third kappa shape index (κ3) is 8.29. The number of hydrogen-bond donors (Lipinski definition) is 0. The normalized spacial score (nSPS) is 12.8. The first-order chi connectivity index (χ1) is 24.2. The minimum Gasteiger partial charge on any atom is -0.457 e. The molecule has 252 valence electrons. The summed E-state index contributed by atoms with van der Waals surface area (Å²) in [4.78, 5) is 47.0. The molecule has 6 rings (SSSR count). The second kappa shape index (κ2) is 15.1. The maximum atomic E-state index is 13.2. The van der Waals surface area contributed by atoms with E-state index in [2.05, 4.69) is 0 Å². The Balaban J connectivity index is 1.12. The molecule has 0 N–H and O–H groups in total. The zero-order valence-corrected chi connectivity index (χ0v) is 26.6. The van der Waals surface area contributed by atoms with Gasteiger partial charge in [-0.1, -0.05) is 19.3 Å². The molecule has 12 nitrogen and oxygen atoms in total. The lowest BCUT2D eigenvalue weighted by molar-refractivity contribution is -0.385. The molecule has 0 aromatic heterocycles. The molecule has 50 heavy (non-hydrogen) atoms. The maximum absolute atomic E-state index is 13.2. The first-order valence-electron chi connectivity index (χ1n) is 15.8. The van der Waals surface area contributed by atoms with Gasteiger partial charge in [0.05, 0.1) is 21.0 Å². The van der Waals surface area contributed by atoms with E-state index in [1.165, 1.54) is 48.5 Å². The van der Waals surface area contributed by atoms with Gasteiger partial charge in [0.25, 0.3) is 11.4 Å². The van der Waals surface area contributed by atoms with E-state index in [1.807, 2.05) is 0 Å². The predicted octanol–water partition coefficient (Wildman–Crippen LogP) is 9.57. The van der Waals surface area contributed by atoms with E-state index in [9.17, 15) is 29.8 Å². The molecular formula is C38H30N2O10. The molecule has 0 atom stereocenters. The van der Waals surface area contributed by atoms with E-state index >= 15 is 0 Å². The average Bonchev–Trinajstić information content (AvgIpc) is 3.13. The number of carbonyl (C=O) groups excluding carboxylic acids is 2. The SMILES string of the molecule is O=C(Oc1ccc(OC(=O)c2ccc(Oc3ccc([N+](=O)[O-])cc3)cc2)c(C2CCCCC2)c1)c1ccc(Oc2ccc([N+](=O)[O-])cc2)cc1. The van der Waals surface area contributed by atoms with Crippen LogP contribution in [-0.2, 0) is 0 Å². The topological polar surface area (TPSA) is 157 Å². The molecule has 0 aliphatic heterocycles. The third-order valence-electron chi connectivity index (χ3n) is 8.19. The zero-order valence-electron chi connectivity index (χ0n) is 26.6. The number of esters is 2. The molecule has 1 aliphatic carbocycles. The number of nitro groups is 2. The number of benzene rings is 5. The van der Waals surface area contributed by atoms with Gasteiger partial charge in [-0.25, -0.2) is 9.59 Å². The number of nitrogens with zero attached hydrogens (tertiary/aromatic N) is 2. The van der Waals surface area contributed by atoms with Gasteiger partial charge in [-0.2, -0.15) is 0 Å². The van der Waals surface area contributed by atoms with Crippen LogP contribution in [0.1, 0.15) is 64.3 Å². The zero-order chi connectivity index (χ0) is 35.0. The van der Waals surface area contributed by atoms with Gasteiger partial charge in [0.15, 0.2) is 0 Å².